The number of rotatable bonds is 7. The minimum absolute atomic E-state index is 0.206. The van der Waals surface area contributed by atoms with Crippen LogP contribution in [0.3, 0.4) is 0 Å². The fourth-order valence-corrected chi connectivity index (χ4v) is 2.35. The molecule has 0 saturated heterocycles. The summed E-state index contributed by atoms with van der Waals surface area (Å²) in [6.45, 7) is 1.57. The third-order valence-electron chi connectivity index (χ3n) is 3.59. The van der Waals surface area contributed by atoms with E-state index in [2.05, 4.69) is 5.32 Å². The van der Waals surface area contributed by atoms with E-state index in [4.69, 9.17) is 18.9 Å². The van der Waals surface area contributed by atoms with Crippen molar-refractivity contribution in [3.63, 3.8) is 0 Å². The van der Waals surface area contributed by atoms with Gasteiger partial charge in [0.25, 0.3) is 0 Å². The second-order valence-electron chi connectivity index (χ2n) is 5.35. The molecule has 26 heavy (non-hydrogen) atoms. The fraction of sp³-hybridized carbons (Fsp3) is 0.263. The lowest BCUT2D eigenvalue weighted by atomic mass is 10.1. The highest BCUT2D eigenvalue weighted by molar-refractivity contribution is 6.01. The van der Waals surface area contributed by atoms with Crippen LogP contribution in [0, 0.1) is 0 Å². The molecule has 0 aliphatic carbocycles. The maximum atomic E-state index is 12.0. The molecule has 0 fully saturated rings. The quantitative estimate of drug-likeness (QED) is 0.765. The van der Waals surface area contributed by atoms with Gasteiger partial charge in [0.05, 0.1) is 32.6 Å². The number of benzene rings is 2. The number of hydrogen-bond donors (Lipinski definition) is 1. The van der Waals surface area contributed by atoms with Gasteiger partial charge in [-0.3, -0.25) is 4.79 Å². The molecule has 1 N–H and O–H groups in total. The summed E-state index contributed by atoms with van der Waals surface area (Å²) in [7, 11) is 4.42. The normalized spacial score (nSPS) is 10.0. The van der Waals surface area contributed by atoms with Crippen molar-refractivity contribution in [2.24, 2.45) is 0 Å². The molecular formula is C19H21NO6. The summed E-state index contributed by atoms with van der Waals surface area (Å²) >= 11 is 0. The molecule has 7 heteroatoms. The summed E-state index contributed by atoms with van der Waals surface area (Å²) in [5, 5.41) is 2.59. The van der Waals surface area contributed by atoms with Crippen LogP contribution in [0.1, 0.15) is 22.8 Å². The molecular weight excluding hydrogens is 338 g/mol. The Hall–Kier alpha value is -3.22. The van der Waals surface area contributed by atoms with Gasteiger partial charge < -0.3 is 24.3 Å². The lowest BCUT2D eigenvalue weighted by Crippen LogP contribution is -2.12. The van der Waals surface area contributed by atoms with E-state index in [1.807, 2.05) is 6.07 Å². The van der Waals surface area contributed by atoms with Crippen molar-refractivity contribution in [3.05, 3.63) is 47.5 Å². The first-order valence-corrected chi connectivity index (χ1v) is 7.82. The number of anilines is 1. The molecule has 0 radical (unpaired) electrons. The molecule has 0 unspecified atom stereocenters. The van der Waals surface area contributed by atoms with E-state index in [1.165, 1.54) is 20.1 Å². The molecule has 2 aromatic carbocycles. The topological polar surface area (TPSA) is 83.1 Å². The molecule has 138 valence electrons. The average molecular weight is 359 g/mol. The van der Waals surface area contributed by atoms with E-state index < -0.39 is 5.97 Å². The number of methoxy groups -OCH3 is 3. The molecule has 0 bridgehead atoms. The van der Waals surface area contributed by atoms with Crippen LogP contribution in [-0.4, -0.2) is 33.2 Å². The van der Waals surface area contributed by atoms with Gasteiger partial charge in [0.1, 0.15) is 23.9 Å². The Morgan fingerprint density at radius 2 is 1.69 bits per heavy atom. The Kier molecular flexibility index (Phi) is 6.43. The Morgan fingerprint density at radius 3 is 2.31 bits per heavy atom. The van der Waals surface area contributed by atoms with Crippen LogP contribution in [0.2, 0.25) is 0 Å². The van der Waals surface area contributed by atoms with Crippen molar-refractivity contribution < 1.29 is 28.5 Å². The van der Waals surface area contributed by atoms with E-state index in [0.29, 0.717) is 22.9 Å². The van der Waals surface area contributed by atoms with Crippen LogP contribution in [-0.2, 0) is 16.1 Å². The monoisotopic (exact) mass is 359 g/mol. The zero-order valence-electron chi connectivity index (χ0n) is 15.1. The van der Waals surface area contributed by atoms with Crippen molar-refractivity contribution >= 4 is 17.6 Å². The Bertz CT molecular complexity index is 803. The minimum Gasteiger partial charge on any atom is -0.497 e. The van der Waals surface area contributed by atoms with Gasteiger partial charge in [0, 0.05) is 12.5 Å². The van der Waals surface area contributed by atoms with Crippen LogP contribution < -0.4 is 19.5 Å². The molecule has 0 saturated carbocycles. The Balaban J connectivity index is 2.25. The van der Waals surface area contributed by atoms with Crippen molar-refractivity contribution in [3.8, 4) is 17.2 Å². The smallest absolute Gasteiger partial charge is 0.340 e. The summed E-state index contributed by atoms with van der Waals surface area (Å²) in [5.74, 6) is 0.932. The molecule has 1 amide bonds. The molecule has 2 aromatic rings. The van der Waals surface area contributed by atoms with Crippen LogP contribution in [0.4, 0.5) is 5.69 Å². The van der Waals surface area contributed by atoms with Crippen LogP contribution in [0.25, 0.3) is 0 Å². The zero-order chi connectivity index (χ0) is 19.1. The predicted octanol–water partition coefficient (Wildman–Crippen LogP) is 3.03. The largest absolute Gasteiger partial charge is 0.497 e. The van der Waals surface area contributed by atoms with E-state index in [-0.39, 0.29) is 18.1 Å². The second kappa shape index (κ2) is 8.75. The van der Waals surface area contributed by atoms with Crippen molar-refractivity contribution in [2.75, 3.05) is 26.6 Å². The maximum Gasteiger partial charge on any atom is 0.340 e. The molecule has 0 spiro atoms. The summed E-state index contributed by atoms with van der Waals surface area (Å²) in [6, 6.07) is 10.2. The number of carbonyl (C=O) groups is 2. The number of nitrogens with one attached hydrogen (secondary N) is 1. The van der Waals surface area contributed by atoms with Gasteiger partial charge >= 0.3 is 5.97 Å². The molecule has 0 aliphatic heterocycles. The van der Waals surface area contributed by atoms with E-state index in [0.717, 1.165) is 5.56 Å². The van der Waals surface area contributed by atoms with Gasteiger partial charge in [0.15, 0.2) is 0 Å². The number of carbonyl (C=O) groups excluding carboxylic acids is 2. The van der Waals surface area contributed by atoms with Crippen molar-refractivity contribution in [2.45, 2.75) is 13.5 Å². The zero-order valence-corrected chi connectivity index (χ0v) is 15.1. The number of esters is 1. The Labute approximate surface area is 151 Å². The van der Waals surface area contributed by atoms with Gasteiger partial charge in [-0.1, -0.05) is 0 Å². The average Bonchev–Trinajstić information content (AvgIpc) is 2.65. The van der Waals surface area contributed by atoms with Crippen LogP contribution >= 0.6 is 0 Å². The maximum absolute atomic E-state index is 12.0. The van der Waals surface area contributed by atoms with Gasteiger partial charge in [-0.2, -0.15) is 0 Å². The van der Waals surface area contributed by atoms with Gasteiger partial charge in [-0.15, -0.1) is 0 Å². The standard InChI is InChI=1S/C19H21NO6/c1-12(21)20-17-7-5-15(10-16(17)19(22)25-4)26-11-13-9-14(23-2)6-8-18(13)24-3/h5-10H,11H2,1-4H3,(H,20,21). The summed E-state index contributed by atoms with van der Waals surface area (Å²) < 4.78 is 21.1. The number of amides is 1. The molecule has 0 aromatic heterocycles. The van der Waals surface area contributed by atoms with Gasteiger partial charge in [0.2, 0.25) is 5.91 Å². The highest BCUT2D eigenvalue weighted by Gasteiger charge is 2.15. The highest BCUT2D eigenvalue weighted by atomic mass is 16.5. The molecule has 2 rings (SSSR count). The lowest BCUT2D eigenvalue weighted by molar-refractivity contribution is -0.114. The third kappa shape index (κ3) is 4.66. The Morgan fingerprint density at radius 1 is 0.962 bits per heavy atom. The highest BCUT2D eigenvalue weighted by Crippen LogP contribution is 2.27. The second-order valence-corrected chi connectivity index (χ2v) is 5.35. The van der Waals surface area contributed by atoms with Gasteiger partial charge in [-0.05, 0) is 36.4 Å². The van der Waals surface area contributed by atoms with Gasteiger partial charge in [-0.25, -0.2) is 4.79 Å². The summed E-state index contributed by atoms with van der Waals surface area (Å²) in [4.78, 5) is 23.2. The van der Waals surface area contributed by atoms with Crippen LogP contribution in [0.5, 0.6) is 17.2 Å². The predicted molar refractivity (Wildman–Crippen MR) is 96.0 cm³/mol. The van der Waals surface area contributed by atoms with Crippen molar-refractivity contribution in [1.29, 1.82) is 0 Å². The number of ether oxygens (including phenoxy) is 4. The molecule has 7 nitrogen and oxygen atoms in total. The minimum atomic E-state index is -0.571. The van der Waals surface area contributed by atoms with E-state index in [9.17, 15) is 9.59 Å². The van der Waals surface area contributed by atoms with Crippen LogP contribution in [0.15, 0.2) is 36.4 Å². The first-order chi connectivity index (χ1) is 12.5. The summed E-state index contributed by atoms with van der Waals surface area (Å²) in [6.07, 6.45) is 0. The molecule has 0 heterocycles. The van der Waals surface area contributed by atoms with Crippen molar-refractivity contribution in [1.82, 2.24) is 0 Å². The van der Waals surface area contributed by atoms with E-state index >= 15 is 0 Å². The first-order valence-electron chi connectivity index (χ1n) is 7.82. The molecule has 0 atom stereocenters. The summed E-state index contributed by atoms with van der Waals surface area (Å²) in [5.41, 5.74) is 1.35. The number of hydrogen-bond acceptors (Lipinski definition) is 6. The van der Waals surface area contributed by atoms with E-state index in [1.54, 1.807) is 38.5 Å². The third-order valence-corrected chi connectivity index (χ3v) is 3.59. The lowest BCUT2D eigenvalue weighted by Gasteiger charge is -2.14. The SMILES string of the molecule is COC(=O)c1cc(OCc2cc(OC)ccc2OC)ccc1NC(C)=O. The fourth-order valence-electron chi connectivity index (χ4n) is 2.35. The first kappa shape index (κ1) is 19.1. The molecule has 0 aliphatic rings.